The van der Waals surface area contributed by atoms with Crippen molar-refractivity contribution in [3.05, 3.63) is 76.7 Å². The molecule has 0 unspecified atom stereocenters. The van der Waals surface area contributed by atoms with Gasteiger partial charge in [0.2, 0.25) is 0 Å². The number of rotatable bonds is 8. The number of hydrogen-bond acceptors (Lipinski definition) is 7. The molecule has 3 aromatic rings. The number of hydrogen-bond donors (Lipinski definition) is 3. The molecule has 11 heteroatoms. The average Bonchev–Trinajstić information content (AvgIpc) is 3.29. The van der Waals surface area contributed by atoms with Crippen LogP contribution in [0.25, 0.3) is 0 Å². The summed E-state index contributed by atoms with van der Waals surface area (Å²) in [6.07, 6.45) is 1.30. The molecule has 0 aliphatic heterocycles. The van der Waals surface area contributed by atoms with Gasteiger partial charge in [-0.1, -0.05) is 17.7 Å². The van der Waals surface area contributed by atoms with Gasteiger partial charge in [-0.05, 0) is 42.5 Å². The standard InChI is InChI=1S/C23H21ClN4O6/c1-32-19-8-14(9-20(11-19)33-2)21(29)28-26-13-18-7-6-17(34-18)12-25-22(30)23(31)27-16-5-3-4-15(24)10-16/h3-11,13H,12H2,1-2H3,(H,25,30)(H,27,31)(H,28,29)/b26-13-. The van der Waals surface area contributed by atoms with Crippen molar-refractivity contribution in [2.75, 3.05) is 19.5 Å². The molecule has 3 N–H and O–H groups in total. The molecule has 10 nitrogen and oxygen atoms in total. The molecule has 0 atom stereocenters. The highest BCUT2D eigenvalue weighted by atomic mass is 35.5. The van der Waals surface area contributed by atoms with Crippen molar-refractivity contribution in [1.29, 1.82) is 0 Å². The summed E-state index contributed by atoms with van der Waals surface area (Å²) in [6, 6.07) is 14.4. The van der Waals surface area contributed by atoms with Crippen molar-refractivity contribution in [2.24, 2.45) is 5.10 Å². The van der Waals surface area contributed by atoms with Crippen LogP contribution in [0.15, 0.2) is 64.1 Å². The molecule has 2 aromatic carbocycles. The fourth-order valence-electron chi connectivity index (χ4n) is 2.72. The second-order valence-corrected chi connectivity index (χ2v) is 7.19. The lowest BCUT2D eigenvalue weighted by atomic mass is 10.2. The topological polar surface area (TPSA) is 131 Å². The zero-order chi connectivity index (χ0) is 24.5. The summed E-state index contributed by atoms with van der Waals surface area (Å²) >= 11 is 5.85. The highest BCUT2D eigenvalue weighted by Gasteiger charge is 2.14. The highest BCUT2D eigenvalue weighted by molar-refractivity contribution is 6.39. The Morgan fingerprint density at radius 3 is 2.41 bits per heavy atom. The van der Waals surface area contributed by atoms with Gasteiger partial charge in [0, 0.05) is 22.3 Å². The molecule has 0 radical (unpaired) electrons. The van der Waals surface area contributed by atoms with Gasteiger partial charge in [-0.25, -0.2) is 5.43 Å². The number of carbonyl (C=O) groups is 3. The molecule has 0 fully saturated rings. The first-order valence-corrected chi connectivity index (χ1v) is 10.3. The van der Waals surface area contributed by atoms with Gasteiger partial charge in [-0.2, -0.15) is 5.10 Å². The third kappa shape index (κ3) is 6.84. The number of halogens is 1. The lowest BCUT2D eigenvalue weighted by molar-refractivity contribution is -0.136. The van der Waals surface area contributed by atoms with Crippen LogP contribution < -0.4 is 25.5 Å². The van der Waals surface area contributed by atoms with Crippen molar-refractivity contribution >= 4 is 41.2 Å². The van der Waals surface area contributed by atoms with Crippen molar-refractivity contribution in [3.8, 4) is 11.5 Å². The lowest BCUT2D eigenvalue weighted by Gasteiger charge is -2.07. The molecule has 176 valence electrons. The number of hydrazone groups is 1. The first-order chi connectivity index (χ1) is 16.4. The predicted octanol–water partition coefficient (Wildman–Crippen LogP) is 2.97. The first kappa shape index (κ1) is 24.3. The molecule has 1 aromatic heterocycles. The summed E-state index contributed by atoms with van der Waals surface area (Å²) in [5.41, 5.74) is 3.08. The van der Waals surface area contributed by atoms with Crippen LogP contribution in [0.1, 0.15) is 21.9 Å². The van der Waals surface area contributed by atoms with E-state index < -0.39 is 17.7 Å². The van der Waals surface area contributed by atoms with E-state index >= 15 is 0 Å². The highest BCUT2D eigenvalue weighted by Crippen LogP contribution is 2.22. The second kappa shape index (κ2) is 11.5. The maximum atomic E-state index is 12.3. The summed E-state index contributed by atoms with van der Waals surface area (Å²) in [4.78, 5) is 36.3. The maximum absolute atomic E-state index is 12.3. The van der Waals surface area contributed by atoms with E-state index in [0.29, 0.717) is 39.3 Å². The SMILES string of the molecule is COc1cc(OC)cc(C(=O)N/N=C\c2ccc(CNC(=O)C(=O)Nc3cccc(Cl)c3)o2)c1. The van der Waals surface area contributed by atoms with E-state index in [1.54, 1.807) is 48.5 Å². The Bertz CT molecular complexity index is 1200. The third-order valence-corrected chi connectivity index (χ3v) is 4.60. The molecule has 0 spiro atoms. The van der Waals surface area contributed by atoms with E-state index in [0.717, 1.165) is 0 Å². The lowest BCUT2D eigenvalue weighted by Crippen LogP contribution is -2.34. The van der Waals surface area contributed by atoms with E-state index in [1.165, 1.54) is 26.5 Å². The average molecular weight is 485 g/mol. The summed E-state index contributed by atoms with van der Waals surface area (Å²) in [7, 11) is 2.97. The monoisotopic (exact) mass is 484 g/mol. The quantitative estimate of drug-likeness (QED) is 0.256. The van der Waals surface area contributed by atoms with E-state index in [1.807, 2.05) is 0 Å². The van der Waals surface area contributed by atoms with Gasteiger partial charge in [-0.3, -0.25) is 14.4 Å². The Hall–Kier alpha value is -4.31. The van der Waals surface area contributed by atoms with Crippen molar-refractivity contribution in [1.82, 2.24) is 10.7 Å². The molecule has 0 saturated carbocycles. The minimum absolute atomic E-state index is 0.0222. The molecule has 0 aliphatic carbocycles. The van der Waals surface area contributed by atoms with E-state index in [-0.39, 0.29) is 6.54 Å². The van der Waals surface area contributed by atoms with Crippen LogP contribution in [-0.4, -0.2) is 38.2 Å². The Balaban J connectivity index is 1.50. The molecule has 1 heterocycles. The van der Waals surface area contributed by atoms with Crippen LogP contribution in [-0.2, 0) is 16.1 Å². The van der Waals surface area contributed by atoms with Gasteiger partial charge in [-0.15, -0.1) is 0 Å². The van der Waals surface area contributed by atoms with Crippen molar-refractivity contribution in [2.45, 2.75) is 6.54 Å². The molecule has 0 bridgehead atoms. The zero-order valence-electron chi connectivity index (χ0n) is 18.3. The van der Waals surface area contributed by atoms with Gasteiger partial charge in [0.25, 0.3) is 5.91 Å². The van der Waals surface area contributed by atoms with Crippen LogP contribution in [0.4, 0.5) is 5.69 Å². The Morgan fingerprint density at radius 1 is 1.00 bits per heavy atom. The van der Waals surface area contributed by atoms with E-state index in [9.17, 15) is 14.4 Å². The number of furan rings is 1. The number of nitrogens with one attached hydrogen (secondary N) is 3. The molecule has 3 rings (SSSR count). The van der Waals surface area contributed by atoms with E-state index in [2.05, 4.69) is 21.2 Å². The van der Waals surface area contributed by atoms with Gasteiger partial charge in [0.05, 0.1) is 27.0 Å². The van der Waals surface area contributed by atoms with Gasteiger partial charge < -0.3 is 24.5 Å². The summed E-state index contributed by atoms with van der Waals surface area (Å²) < 4.78 is 15.8. The van der Waals surface area contributed by atoms with Gasteiger partial charge in [0.15, 0.2) is 0 Å². The van der Waals surface area contributed by atoms with E-state index in [4.69, 9.17) is 25.5 Å². The van der Waals surface area contributed by atoms with Crippen molar-refractivity contribution in [3.63, 3.8) is 0 Å². The first-order valence-electron chi connectivity index (χ1n) is 9.88. The Morgan fingerprint density at radius 2 is 1.74 bits per heavy atom. The summed E-state index contributed by atoms with van der Waals surface area (Å²) in [6.45, 7) is -0.0222. The van der Waals surface area contributed by atoms with Crippen LogP contribution in [0.3, 0.4) is 0 Å². The van der Waals surface area contributed by atoms with Crippen LogP contribution in [0, 0.1) is 0 Å². The number of methoxy groups -OCH3 is 2. The maximum Gasteiger partial charge on any atom is 0.313 e. The van der Waals surface area contributed by atoms with Crippen molar-refractivity contribution < 1.29 is 28.3 Å². The zero-order valence-corrected chi connectivity index (χ0v) is 19.0. The van der Waals surface area contributed by atoms with Crippen LogP contribution in [0.5, 0.6) is 11.5 Å². The minimum atomic E-state index is -0.840. The molecular formula is C23H21ClN4O6. The summed E-state index contributed by atoms with van der Waals surface area (Å²) in [5, 5.41) is 9.19. The number of benzene rings is 2. The Kier molecular flexibility index (Phi) is 8.25. The molecule has 0 aliphatic rings. The number of anilines is 1. The summed E-state index contributed by atoms with van der Waals surface area (Å²) in [5.74, 6) is -0.511. The minimum Gasteiger partial charge on any atom is -0.497 e. The van der Waals surface area contributed by atoms with Gasteiger partial charge in [0.1, 0.15) is 23.0 Å². The number of amides is 3. The Labute approximate surface area is 199 Å². The number of ether oxygens (including phenoxy) is 2. The second-order valence-electron chi connectivity index (χ2n) is 6.75. The van der Waals surface area contributed by atoms with Crippen LogP contribution >= 0.6 is 11.6 Å². The molecule has 0 saturated heterocycles. The normalized spacial score (nSPS) is 10.6. The molecular weight excluding hydrogens is 464 g/mol. The number of carbonyl (C=O) groups excluding carboxylic acids is 3. The van der Waals surface area contributed by atoms with Crippen LogP contribution in [0.2, 0.25) is 5.02 Å². The fourth-order valence-corrected chi connectivity index (χ4v) is 2.91. The smallest absolute Gasteiger partial charge is 0.313 e. The third-order valence-electron chi connectivity index (χ3n) is 4.37. The molecule has 3 amide bonds. The largest absolute Gasteiger partial charge is 0.497 e. The fraction of sp³-hybridized carbons (Fsp3) is 0.130. The number of nitrogens with zero attached hydrogens (tertiary/aromatic N) is 1. The predicted molar refractivity (Wildman–Crippen MR) is 125 cm³/mol. The van der Waals surface area contributed by atoms with Gasteiger partial charge >= 0.3 is 11.8 Å². The molecule has 34 heavy (non-hydrogen) atoms.